The molecule has 484 valence electrons. The molecule has 13 nitrogen and oxygen atoms in total. The molecule has 4 N–H and O–H groups in total. The Morgan fingerprint density at radius 1 is 0.469 bits per heavy atom. The first-order valence-corrected chi connectivity index (χ1v) is 38.2. The van der Waals surface area contributed by atoms with Crippen molar-refractivity contribution >= 4 is 181 Å². The minimum Gasteiger partial charge on any atom is -0.456 e. The summed E-state index contributed by atoms with van der Waals surface area (Å²) in [5.41, 5.74) is 8.88. The highest BCUT2D eigenvalue weighted by molar-refractivity contribution is 14.1. The van der Waals surface area contributed by atoms with Crippen LogP contribution in [0.15, 0.2) is 271 Å². The van der Waals surface area contributed by atoms with E-state index in [2.05, 4.69) is 258 Å². The smallest absolute Gasteiger partial charge is 0.183 e. The third-order valence-electron chi connectivity index (χ3n) is 15.4. The minimum atomic E-state index is -3.65. The van der Waals surface area contributed by atoms with Crippen molar-refractivity contribution in [3.8, 4) is 11.5 Å². The number of aliphatic hydroxyl groups excluding tert-OH is 2. The molecule has 0 aliphatic heterocycles. The van der Waals surface area contributed by atoms with Crippen LogP contribution in [0.4, 0.5) is 23.0 Å². The summed E-state index contributed by atoms with van der Waals surface area (Å²) in [6.45, 7) is 7.23. The van der Waals surface area contributed by atoms with Crippen molar-refractivity contribution in [1.29, 1.82) is 0 Å². The number of anilines is 4. The molecular formula is C76H69IN8O5P2S4. The Labute approximate surface area is 589 Å². The number of nitrogens with one attached hydrogen (secondary N) is 2. The molecule has 0 unspecified atom stereocenters. The fourth-order valence-electron chi connectivity index (χ4n) is 10.3. The minimum absolute atomic E-state index is 0.00521. The Morgan fingerprint density at radius 2 is 0.875 bits per heavy atom. The van der Waals surface area contributed by atoms with E-state index in [-0.39, 0.29) is 29.3 Å². The molecule has 10 aromatic carbocycles. The number of nitrogens with zero attached hydrogens (tertiary/aromatic N) is 6. The van der Waals surface area contributed by atoms with Crippen LogP contribution in [0.1, 0.15) is 40.5 Å². The second-order valence-electron chi connectivity index (χ2n) is 23.2. The van der Waals surface area contributed by atoms with Gasteiger partial charge in [0.15, 0.2) is 9.84 Å². The summed E-state index contributed by atoms with van der Waals surface area (Å²) in [6.07, 6.45) is 3.93. The van der Waals surface area contributed by atoms with E-state index in [9.17, 15) is 13.5 Å². The molecule has 14 aromatic rings. The first kappa shape index (κ1) is 69.2. The molecule has 0 aliphatic rings. The largest absolute Gasteiger partial charge is 0.456 e. The molecule has 0 atom stereocenters. The van der Waals surface area contributed by atoms with Crippen LogP contribution < -0.4 is 47.2 Å². The molecule has 0 saturated heterocycles. The number of ether oxygens (including phenoxy) is 1. The van der Waals surface area contributed by atoms with Gasteiger partial charge in [0.25, 0.3) is 0 Å². The number of para-hydroxylation sites is 2. The molecule has 4 aromatic heterocycles. The number of thiol groups is 1. The van der Waals surface area contributed by atoms with Crippen LogP contribution in [-0.4, -0.2) is 71.2 Å². The predicted molar refractivity (Wildman–Crippen MR) is 416 cm³/mol. The number of thiazole rings is 2. The number of halogens is 1. The second-order valence-corrected chi connectivity index (χ2v) is 34.4. The second kappa shape index (κ2) is 32.3. The Hall–Kier alpha value is -8.13. The number of hydrogen-bond acceptors (Lipinski definition) is 16. The third-order valence-corrected chi connectivity index (χ3v) is 25.4. The van der Waals surface area contributed by atoms with Crippen molar-refractivity contribution in [2.24, 2.45) is 0 Å². The Morgan fingerprint density at radius 3 is 1.29 bits per heavy atom. The van der Waals surface area contributed by atoms with Crippen molar-refractivity contribution in [3.63, 3.8) is 0 Å². The van der Waals surface area contributed by atoms with Crippen LogP contribution >= 0.6 is 73.7 Å². The summed E-state index contributed by atoms with van der Waals surface area (Å²) >= 11 is 9.68. The van der Waals surface area contributed by atoms with Crippen LogP contribution in [-0.2, 0) is 9.84 Å². The van der Waals surface area contributed by atoms with Crippen molar-refractivity contribution in [3.05, 3.63) is 270 Å². The Balaban J connectivity index is 0.000000145. The van der Waals surface area contributed by atoms with Crippen molar-refractivity contribution < 1.29 is 23.4 Å². The summed E-state index contributed by atoms with van der Waals surface area (Å²) in [5.74, 6) is 3.13. The third kappa shape index (κ3) is 17.3. The lowest BCUT2D eigenvalue weighted by atomic mass is 10.1. The van der Waals surface area contributed by atoms with E-state index in [0.29, 0.717) is 16.7 Å². The molecule has 96 heavy (non-hydrogen) atoms. The van der Waals surface area contributed by atoms with Crippen molar-refractivity contribution in [2.75, 3.05) is 23.8 Å². The predicted octanol–water partition coefficient (Wildman–Crippen LogP) is 16.6. The number of sulfone groups is 1. The van der Waals surface area contributed by atoms with Crippen molar-refractivity contribution in [2.45, 2.75) is 54.9 Å². The van der Waals surface area contributed by atoms with E-state index in [1.807, 2.05) is 61.8 Å². The van der Waals surface area contributed by atoms with Crippen LogP contribution in [0.5, 0.6) is 11.5 Å². The van der Waals surface area contributed by atoms with Gasteiger partial charge in [0, 0.05) is 54.3 Å². The molecule has 0 fully saturated rings. The summed E-state index contributed by atoms with van der Waals surface area (Å²) in [5, 5.41) is 33.5. The highest BCUT2D eigenvalue weighted by atomic mass is 127. The van der Waals surface area contributed by atoms with Gasteiger partial charge >= 0.3 is 0 Å². The maximum atomic E-state index is 13.1. The molecule has 0 amide bonds. The molecular weight excluding hydrogens is 1420 g/mol. The van der Waals surface area contributed by atoms with E-state index in [1.165, 1.54) is 42.9 Å². The molecule has 4 heterocycles. The number of fused-ring (bicyclic) bond motifs is 4. The molecule has 0 saturated carbocycles. The van der Waals surface area contributed by atoms with E-state index in [4.69, 9.17) is 9.84 Å². The van der Waals surface area contributed by atoms with Gasteiger partial charge in [-0.25, -0.2) is 38.3 Å². The van der Waals surface area contributed by atoms with Gasteiger partial charge in [-0.2, -0.15) is 12.6 Å². The van der Waals surface area contributed by atoms with Gasteiger partial charge in [-0.05, 0) is 171 Å². The number of benzene rings is 10. The lowest BCUT2D eigenvalue weighted by Gasteiger charge is -2.25. The molecule has 0 spiro atoms. The lowest BCUT2D eigenvalue weighted by molar-refractivity contribution is 0.272. The van der Waals surface area contributed by atoms with E-state index < -0.39 is 30.4 Å². The van der Waals surface area contributed by atoms with Gasteiger partial charge in [0.2, 0.25) is 0 Å². The highest BCUT2D eigenvalue weighted by Crippen LogP contribution is 2.41. The SMILES string of the molecule is CC(C)(CCO)S(=O)(=O)c1ccc2ncnc(Nc3ccc4scnc4c3)c2c1.CC(C)(S)CCO.Ic1ccc2ncnc(Nc3ccc4scnc4c3)c2c1.c1ccc(P(c2ccccc2)c2ccccc2Oc2ccccc2P(c2ccccc2)c2ccccc2)cc1. The maximum Gasteiger partial charge on any atom is 0.183 e. The monoisotopic (exact) mass is 1490 g/mol. The number of aromatic nitrogens is 6. The molecule has 14 rings (SSSR count). The fraction of sp³-hybridized carbons (Fsp3) is 0.132. The number of aliphatic hydroxyl groups is 2. The molecule has 0 bridgehead atoms. The first-order valence-electron chi connectivity index (χ1n) is 30.8. The van der Waals surface area contributed by atoms with Crippen molar-refractivity contribution in [1.82, 2.24) is 29.9 Å². The standard InChI is InChI=1S/C36H28OP2.C20H20N4O3S2.C15H9IN4S.C5H12OS/c1-5-17-29(18-6-1)38(30-19-7-2-8-20-30)35-27-15-13-25-33(35)37-34-26-14-16-28-36(34)39(31-21-9-3-10-22-31)32-23-11-4-12-24-32;1-20(2,7-8-25)29(26,27)14-4-5-16-15(10-14)19(22-11-21-16)24-13-3-6-18-17(9-13)23-12-28-18;16-9-1-3-12-11(5-9)15(18-7-17-12)20-10-2-4-14-13(6-10)19-8-21-14;1-5(2,7)3-4-6/h1-28H;3-6,9-12,25H,7-8H2,1-2H3,(H,21,22,24);1-8H,(H,17,18,20);6-7H,3-4H2,1-2H3. The number of hydrogen-bond donors (Lipinski definition) is 5. The average molecular weight is 1490 g/mol. The average Bonchev–Trinajstić information content (AvgIpc) is 0.868. The van der Waals surface area contributed by atoms with E-state index >= 15 is 0 Å². The zero-order valence-electron chi connectivity index (χ0n) is 53.0. The highest BCUT2D eigenvalue weighted by Gasteiger charge is 2.35. The van der Waals surface area contributed by atoms with Gasteiger partial charge in [0.1, 0.15) is 35.8 Å². The van der Waals surface area contributed by atoms with Gasteiger partial charge in [-0.1, -0.05) is 172 Å². The van der Waals surface area contributed by atoms with Crippen LogP contribution in [0.3, 0.4) is 0 Å². The summed E-state index contributed by atoms with van der Waals surface area (Å²) in [6, 6.07) is 83.1. The first-order chi connectivity index (χ1) is 46.6. The molecule has 0 radical (unpaired) electrons. The van der Waals surface area contributed by atoms with E-state index in [1.54, 1.807) is 66.6 Å². The zero-order valence-corrected chi connectivity index (χ0v) is 60.3. The molecule has 20 heteroatoms. The number of rotatable bonds is 18. The quantitative estimate of drug-likeness (QED) is 0.0311. The van der Waals surface area contributed by atoms with Crippen LogP contribution in [0, 0.1) is 3.57 Å². The van der Waals surface area contributed by atoms with Gasteiger partial charge < -0.3 is 25.6 Å². The van der Waals surface area contributed by atoms with Gasteiger partial charge in [0.05, 0.1) is 52.1 Å². The normalized spacial score (nSPS) is 11.6. The lowest BCUT2D eigenvalue weighted by Crippen LogP contribution is -2.33. The Bertz CT molecular complexity index is 4800. The maximum absolute atomic E-state index is 13.1. The topological polar surface area (TPSA) is 185 Å². The molecule has 0 aliphatic carbocycles. The van der Waals surface area contributed by atoms with Crippen LogP contribution in [0.25, 0.3) is 42.2 Å². The Kier molecular flexibility index (Phi) is 23.3. The fourth-order valence-corrected chi connectivity index (χ4v) is 18.5. The zero-order chi connectivity index (χ0) is 67.1. The van der Waals surface area contributed by atoms with E-state index in [0.717, 1.165) is 65.3 Å². The summed E-state index contributed by atoms with van der Waals surface area (Å²) < 4.78 is 35.4. The van der Waals surface area contributed by atoms with Gasteiger partial charge in [-0.3, -0.25) is 0 Å². The van der Waals surface area contributed by atoms with Crippen LogP contribution in [0.2, 0.25) is 0 Å². The summed E-state index contributed by atoms with van der Waals surface area (Å²) in [4.78, 5) is 26.1. The summed E-state index contributed by atoms with van der Waals surface area (Å²) in [7, 11) is -5.25. The van der Waals surface area contributed by atoms with Gasteiger partial charge in [-0.15, -0.1) is 22.7 Å².